The molecule has 3 amide bonds. The Morgan fingerprint density at radius 1 is 1.06 bits per heavy atom. The molecule has 1 aliphatic rings. The molecule has 2 aromatic carbocycles. The van der Waals surface area contributed by atoms with Crippen molar-refractivity contribution < 1.29 is 38.0 Å². The number of nitro groups is 1. The van der Waals surface area contributed by atoms with Crippen molar-refractivity contribution >= 4 is 35.6 Å². The molecule has 1 aromatic heterocycles. The molecule has 0 bridgehead atoms. The van der Waals surface area contributed by atoms with Crippen molar-refractivity contribution in [3.05, 3.63) is 99.1 Å². The van der Waals surface area contributed by atoms with Gasteiger partial charge in [0.1, 0.15) is 17.2 Å². The van der Waals surface area contributed by atoms with Crippen molar-refractivity contribution in [1.29, 1.82) is 0 Å². The summed E-state index contributed by atoms with van der Waals surface area (Å²) in [7, 11) is 1.19. The van der Waals surface area contributed by atoms with E-state index < -0.39 is 28.8 Å². The van der Waals surface area contributed by atoms with Crippen molar-refractivity contribution in [2.24, 2.45) is 0 Å². The Hall–Kier alpha value is -5.26. The maximum Gasteiger partial charge on any atom is 0.373 e. The van der Waals surface area contributed by atoms with Crippen LogP contribution < -0.4 is 10.1 Å². The van der Waals surface area contributed by atoms with Gasteiger partial charge < -0.3 is 19.2 Å². The molecule has 36 heavy (non-hydrogen) atoms. The number of carbonyl (C=O) groups is 4. The zero-order valence-electron chi connectivity index (χ0n) is 18.6. The summed E-state index contributed by atoms with van der Waals surface area (Å²) in [5.74, 6) is -1.90. The fourth-order valence-electron chi connectivity index (χ4n) is 3.27. The molecule has 0 saturated carbocycles. The predicted molar refractivity (Wildman–Crippen MR) is 122 cm³/mol. The van der Waals surface area contributed by atoms with E-state index >= 15 is 0 Å². The second-order valence-electron chi connectivity index (χ2n) is 7.37. The number of urea groups is 1. The number of para-hydroxylation sites is 1. The molecule has 1 saturated heterocycles. The van der Waals surface area contributed by atoms with E-state index in [2.05, 4.69) is 10.1 Å². The van der Waals surface area contributed by atoms with Gasteiger partial charge in [-0.3, -0.25) is 19.8 Å². The summed E-state index contributed by atoms with van der Waals surface area (Å²) in [5.41, 5.74) is 0.167. The summed E-state index contributed by atoms with van der Waals surface area (Å²) < 4.78 is 15.3. The standard InChI is InChI=1S/C24H17N3O9/c1-34-23(30)20-11-10-17(35-20)13-26-21(28)18(25-24(26)31)12-15-4-2-3-5-19(15)36-22(29)14-6-8-16(9-7-14)27(32)33/h2-12H,13H2,1H3,(H,25,31)/b18-12+. The van der Waals surface area contributed by atoms with E-state index in [4.69, 9.17) is 9.15 Å². The maximum absolute atomic E-state index is 12.8. The van der Waals surface area contributed by atoms with Crippen LogP contribution in [0.2, 0.25) is 0 Å². The number of ether oxygens (including phenoxy) is 2. The van der Waals surface area contributed by atoms with E-state index in [1.807, 2.05) is 0 Å². The lowest BCUT2D eigenvalue weighted by atomic mass is 10.1. The second-order valence-corrected chi connectivity index (χ2v) is 7.37. The Labute approximate surface area is 202 Å². The molecular weight excluding hydrogens is 474 g/mol. The predicted octanol–water partition coefficient (Wildman–Crippen LogP) is 3.29. The molecule has 0 radical (unpaired) electrons. The van der Waals surface area contributed by atoms with Crippen molar-refractivity contribution in [1.82, 2.24) is 10.2 Å². The van der Waals surface area contributed by atoms with E-state index in [9.17, 15) is 29.3 Å². The van der Waals surface area contributed by atoms with Crippen molar-refractivity contribution in [3.63, 3.8) is 0 Å². The number of hydrogen-bond acceptors (Lipinski definition) is 9. The Morgan fingerprint density at radius 3 is 2.47 bits per heavy atom. The van der Waals surface area contributed by atoms with Crippen LogP contribution in [0, 0.1) is 10.1 Å². The highest BCUT2D eigenvalue weighted by atomic mass is 16.6. The van der Waals surface area contributed by atoms with Crippen LogP contribution in [0.3, 0.4) is 0 Å². The van der Waals surface area contributed by atoms with Crippen molar-refractivity contribution in [2.75, 3.05) is 7.11 Å². The Balaban J connectivity index is 1.51. The molecule has 0 atom stereocenters. The smallest absolute Gasteiger partial charge is 0.373 e. The number of carbonyl (C=O) groups excluding carboxylic acids is 4. The summed E-state index contributed by atoms with van der Waals surface area (Å²) in [6.07, 6.45) is 1.35. The zero-order chi connectivity index (χ0) is 25.8. The number of esters is 2. The van der Waals surface area contributed by atoms with E-state index in [0.29, 0.717) is 5.56 Å². The fraction of sp³-hybridized carbons (Fsp3) is 0.0833. The van der Waals surface area contributed by atoms with Gasteiger partial charge in [-0.25, -0.2) is 14.4 Å². The van der Waals surface area contributed by atoms with Crippen LogP contribution in [0.1, 0.15) is 32.2 Å². The first-order chi connectivity index (χ1) is 17.3. The Kier molecular flexibility index (Phi) is 6.59. The van der Waals surface area contributed by atoms with Gasteiger partial charge in [0.05, 0.1) is 24.1 Å². The van der Waals surface area contributed by atoms with Gasteiger partial charge in [0, 0.05) is 17.7 Å². The van der Waals surface area contributed by atoms with Gasteiger partial charge in [-0.15, -0.1) is 0 Å². The molecule has 2 heterocycles. The van der Waals surface area contributed by atoms with Gasteiger partial charge in [-0.1, -0.05) is 18.2 Å². The number of nitrogens with zero attached hydrogens (tertiary/aromatic N) is 2. The van der Waals surface area contributed by atoms with Crippen molar-refractivity contribution in [2.45, 2.75) is 6.54 Å². The molecule has 0 aliphatic carbocycles. The highest BCUT2D eigenvalue weighted by molar-refractivity contribution is 6.14. The van der Waals surface area contributed by atoms with Crippen LogP contribution in [0.5, 0.6) is 5.75 Å². The normalized spacial score (nSPS) is 14.0. The number of benzene rings is 2. The molecule has 12 nitrogen and oxygen atoms in total. The highest BCUT2D eigenvalue weighted by Gasteiger charge is 2.34. The number of nitrogens with one attached hydrogen (secondary N) is 1. The Bertz CT molecular complexity index is 1410. The van der Waals surface area contributed by atoms with Crippen LogP contribution in [0.15, 0.2) is 70.8 Å². The largest absolute Gasteiger partial charge is 0.463 e. The quantitative estimate of drug-likeness (QED) is 0.131. The monoisotopic (exact) mass is 491 g/mol. The molecule has 0 spiro atoms. The van der Waals surface area contributed by atoms with Gasteiger partial charge in [0.15, 0.2) is 0 Å². The number of non-ortho nitro benzene ring substituents is 1. The second kappa shape index (κ2) is 9.93. The van der Waals surface area contributed by atoms with E-state index in [0.717, 1.165) is 4.90 Å². The number of rotatable bonds is 7. The van der Waals surface area contributed by atoms with Crippen LogP contribution in [-0.2, 0) is 16.1 Å². The average Bonchev–Trinajstić information content (AvgIpc) is 3.45. The van der Waals surface area contributed by atoms with Gasteiger partial charge in [0.25, 0.3) is 11.6 Å². The van der Waals surface area contributed by atoms with Gasteiger partial charge in [-0.2, -0.15) is 0 Å². The van der Waals surface area contributed by atoms with Gasteiger partial charge in [0.2, 0.25) is 5.76 Å². The lowest BCUT2D eigenvalue weighted by molar-refractivity contribution is -0.384. The summed E-state index contributed by atoms with van der Waals surface area (Å²) >= 11 is 0. The first-order valence-corrected chi connectivity index (χ1v) is 10.3. The first kappa shape index (κ1) is 23.9. The van der Waals surface area contributed by atoms with Crippen LogP contribution in [0.25, 0.3) is 6.08 Å². The SMILES string of the molecule is COC(=O)c1ccc(CN2C(=O)N/C(=C/c3ccccc3OC(=O)c3ccc([N+](=O)[O-])cc3)C2=O)o1. The lowest BCUT2D eigenvalue weighted by Crippen LogP contribution is -2.30. The molecule has 1 aliphatic heterocycles. The third kappa shape index (κ3) is 4.97. The molecule has 182 valence electrons. The number of imide groups is 1. The van der Waals surface area contributed by atoms with Crippen LogP contribution in [-0.4, -0.2) is 40.8 Å². The molecular formula is C24H17N3O9. The summed E-state index contributed by atoms with van der Waals surface area (Å²) in [5, 5.41) is 13.2. The number of amides is 3. The zero-order valence-corrected chi connectivity index (χ0v) is 18.6. The molecule has 4 rings (SSSR count). The van der Waals surface area contributed by atoms with E-state index in [-0.39, 0.29) is 40.8 Å². The average molecular weight is 491 g/mol. The number of methoxy groups -OCH3 is 1. The van der Waals surface area contributed by atoms with Gasteiger partial charge in [-0.05, 0) is 36.4 Å². The molecule has 3 aromatic rings. The number of hydrogen-bond donors (Lipinski definition) is 1. The number of furan rings is 1. The third-order valence-electron chi connectivity index (χ3n) is 5.06. The molecule has 1 N–H and O–H groups in total. The maximum atomic E-state index is 12.8. The van der Waals surface area contributed by atoms with E-state index in [1.54, 1.807) is 18.2 Å². The first-order valence-electron chi connectivity index (χ1n) is 10.3. The minimum absolute atomic E-state index is 0.0703. The van der Waals surface area contributed by atoms with Crippen LogP contribution >= 0.6 is 0 Å². The Morgan fingerprint density at radius 2 is 1.78 bits per heavy atom. The molecule has 1 fully saturated rings. The topological polar surface area (TPSA) is 158 Å². The minimum atomic E-state index is -0.765. The van der Waals surface area contributed by atoms with Crippen molar-refractivity contribution in [3.8, 4) is 5.75 Å². The van der Waals surface area contributed by atoms with Gasteiger partial charge >= 0.3 is 18.0 Å². The minimum Gasteiger partial charge on any atom is -0.463 e. The number of nitro benzene ring substituents is 1. The fourth-order valence-corrected chi connectivity index (χ4v) is 3.27. The molecule has 12 heteroatoms. The van der Waals surface area contributed by atoms with Crippen LogP contribution in [0.4, 0.5) is 10.5 Å². The lowest BCUT2D eigenvalue weighted by Gasteiger charge is -2.09. The summed E-state index contributed by atoms with van der Waals surface area (Å²) in [6, 6.07) is 13.3. The third-order valence-corrected chi connectivity index (χ3v) is 5.06. The summed E-state index contributed by atoms with van der Waals surface area (Å²) in [6.45, 7) is -0.226. The highest BCUT2D eigenvalue weighted by Crippen LogP contribution is 2.25. The van der Waals surface area contributed by atoms with E-state index in [1.165, 1.54) is 55.7 Å². The molecule has 0 unspecified atom stereocenters. The summed E-state index contributed by atoms with van der Waals surface area (Å²) in [4.78, 5) is 60.4.